The van der Waals surface area contributed by atoms with E-state index in [1.54, 1.807) is 0 Å². The number of aromatic nitrogens is 1. The molecule has 0 N–H and O–H groups in total. The molecule has 0 radical (unpaired) electrons. The van der Waals surface area contributed by atoms with Crippen LogP contribution in [0.3, 0.4) is 0 Å². The molecule has 0 saturated heterocycles. The largest absolute Gasteiger partial charge is 0.456 e. The molecule has 0 fully saturated rings. The fourth-order valence-electron chi connectivity index (χ4n) is 4.79. The molecule has 6 rings (SSSR count). The lowest BCUT2D eigenvalue weighted by Gasteiger charge is -2.08. The van der Waals surface area contributed by atoms with Crippen LogP contribution in [0.5, 0.6) is 0 Å². The molecule has 6 aromatic rings. The second kappa shape index (κ2) is 4.92. The lowest BCUT2D eigenvalue weighted by atomic mass is 10.0. The number of para-hydroxylation sites is 2. The van der Waals surface area contributed by atoms with E-state index in [1.165, 1.54) is 49.2 Å². The van der Waals surface area contributed by atoms with Crippen LogP contribution >= 0.6 is 0 Å². The van der Waals surface area contributed by atoms with Gasteiger partial charge in [0.05, 0.1) is 11.0 Å². The smallest absolute Gasteiger partial charge is 0.136 e. The van der Waals surface area contributed by atoms with Crippen molar-refractivity contribution < 1.29 is 4.42 Å². The molecule has 2 nitrogen and oxygen atoms in total. The maximum atomic E-state index is 6.15. The predicted octanol–water partition coefficient (Wildman–Crippen LogP) is 7.35. The van der Waals surface area contributed by atoms with Crippen LogP contribution in [0.25, 0.3) is 55.2 Å². The maximum Gasteiger partial charge on any atom is 0.136 e. The first-order chi connectivity index (χ1) is 13.2. The Hall–Kier alpha value is -3.26. The molecular weight excluding hydrogens is 330 g/mol. The highest BCUT2D eigenvalue weighted by molar-refractivity contribution is 6.20. The molecule has 0 atom stereocenters. The standard InChI is InChI=1S/C25H19NO/c1-4-15-17-9-7-10-18-19-13-23-20(16-8-5-6-11-22(16)27-23)12-21(19)26(25(17)18)24(15)14(2)3/h4-14H,1H2,2-3H3. The zero-order valence-corrected chi connectivity index (χ0v) is 15.4. The molecule has 0 unspecified atom stereocenters. The molecule has 3 aromatic carbocycles. The average Bonchev–Trinajstić information content (AvgIpc) is 3.31. The number of benzene rings is 3. The molecular formula is C25H19NO. The van der Waals surface area contributed by atoms with E-state index in [0.717, 1.165) is 11.2 Å². The highest BCUT2D eigenvalue weighted by atomic mass is 16.3. The summed E-state index contributed by atoms with van der Waals surface area (Å²) in [6.45, 7) is 8.62. The van der Waals surface area contributed by atoms with Crippen LogP contribution in [-0.4, -0.2) is 4.40 Å². The van der Waals surface area contributed by atoms with E-state index < -0.39 is 0 Å². The summed E-state index contributed by atoms with van der Waals surface area (Å²) in [6, 6.07) is 19.4. The van der Waals surface area contributed by atoms with Crippen LogP contribution in [0.1, 0.15) is 31.0 Å². The van der Waals surface area contributed by atoms with Gasteiger partial charge in [0.1, 0.15) is 11.2 Å². The molecule has 0 bridgehead atoms. The van der Waals surface area contributed by atoms with E-state index in [4.69, 9.17) is 4.42 Å². The fourth-order valence-corrected chi connectivity index (χ4v) is 4.79. The van der Waals surface area contributed by atoms with Crippen LogP contribution in [0, 0.1) is 0 Å². The van der Waals surface area contributed by atoms with Gasteiger partial charge in [-0.25, -0.2) is 0 Å². The van der Waals surface area contributed by atoms with Gasteiger partial charge in [0.25, 0.3) is 0 Å². The van der Waals surface area contributed by atoms with Crippen molar-refractivity contribution in [3.05, 3.63) is 72.4 Å². The Bertz CT molecular complexity index is 1510. The Labute approximate surface area is 156 Å². The maximum absolute atomic E-state index is 6.15. The summed E-state index contributed by atoms with van der Waals surface area (Å²) in [5.41, 5.74) is 7.02. The Morgan fingerprint density at radius 1 is 0.852 bits per heavy atom. The summed E-state index contributed by atoms with van der Waals surface area (Å²) in [7, 11) is 0. The number of nitrogens with zero attached hydrogens (tertiary/aromatic N) is 1. The van der Waals surface area contributed by atoms with Gasteiger partial charge >= 0.3 is 0 Å². The third-order valence-electron chi connectivity index (χ3n) is 5.84. The minimum absolute atomic E-state index is 0.404. The van der Waals surface area contributed by atoms with Crippen LogP contribution < -0.4 is 0 Å². The minimum Gasteiger partial charge on any atom is -0.456 e. The minimum atomic E-state index is 0.404. The lowest BCUT2D eigenvalue weighted by molar-refractivity contribution is 0.669. The second-order valence-electron chi connectivity index (χ2n) is 7.66. The van der Waals surface area contributed by atoms with Crippen molar-refractivity contribution in [3.8, 4) is 0 Å². The first-order valence-electron chi connectivity index (χ1n) is 9.45. The molecule has 2 heteroatoms. The lowest BCUT2D eigenvalue weighted by Crippen LogP contribution is -1.95. The second-order valence-corrected chi connectivity index (χ2v) is 7.66. The van der Waals surface area contributed by atoms with Gasteiger partial charge in [-0.05, 0) is 24.1 Å². The molecule has 0 aliphatic carbocycles. The summed E-state index contributed by atoms with van der Waals surface area (Å²) < 4.78 is 8.59. The Morgan fingerprint density at radius 3 is 2.44 bits per heavy atom. The fraction of sp³-hybridized carbons (Fsp3) is 0.120. The van der Waals surface area contributed by atoms with Crippen molar-refractivity contribution in [2.45, 2.75) is 19.8 Å². The third kappa shape index (κ3) is 1.71. The van der Waals surface area contributed by atoms with Gasteiger partial charge in [-0.15, -0.1) is 0 Å². The molecule has 130 valence electrons. The van der Waals surface area contributed by atoms with Gasteiger partial charge in [-0.3, -0.25) is 0 Å². The van der Waals surface area contributed by atoms with E-state index in [0.29, 0.717) is 5.92 Å². The Balaban J connectivity index is 1.93. The van der Waals surface area contributed by atoms with Crippen molar-refractivity contribution in [1.29, 1.82) is 0 Å². The van der Waals surface area contributed by atoms with E-state index in [2.05, 4.69) is 67.3 Å². The quantitative estimate of drug-likeness (QED) is 0.319. The SMILES string of the molecule is C=Cc1c(C(C)C)n2c3cc4c(cc3c3cccc1c32)oc1ccccc14. The average molecular weight is 349 g/mol. The van der Waals surface area contributed by atoms with Crippen molar-refractivity contribution in [3.63, 3.8) is 0 Å². The van der Waals surface area contributed by atoms with Crippen LogP contribution in [0.2, 0.25) is 0 Å². The number of fused-ring (bicyclic) bond motifs is 6. The van der Waals surface area contributed by atoms with E-state index in [1.807, 2.05) is 18.2 Å². The van der Waals surface area contributed by atoms with Gasteiger partial charge < -0.3 is 8.82 Å². The third-order valence-corrected chi connectivity index (χ3v) is 5.84. The summed E-state index contributed by atoms with van der Waals surface area (Å²) in [6.07, 6.45) is 2.01. The molecule has 0 amide bonds. The highest BCUT2D eigenvalue weighted by Crippen LogP contribution is 2.42. The molecule has 3 aromatic heterocycles. The molecule has 0 saturated carbocycles. The van der Waals surface area contributed by atoms with Crippen molar-refractivity contribution in [2.75, 3.05) is 0 Å². The van der Waals surface area contributed by atoms with E-state index in [-0.39, 0.29) is 0 Å². The first-order valence-corrected chi connectivity index (χ1v) is 9.45. The van der Waals surface area contributed by atoms with Gasteiger partial charge in [0.15, 0.2) is 0 Å². The van der Waals surface area contributed by atoms with Crippen LogP contribution in [0.4, 0.5) is 0 Å². The normalized spacial score (nSPS) is 12.6. The molecule has 0 spiro atoms. The molecule has 0 aliphatic rings. The number of hydrogen-bond donors (Lipinski definition) is 0. The van der Waals surface area contributed by atoms with Gasteiger partial charge in [0, 0.05) is 38.2 Å². The number of rotatable bonds is 2. The molecule has 27 heavy (non-hydrogen) atoms. The number of hydrogen-bond acceptors (Lipinski definition) is 1. The summed E-state index contributed by atoms with van der Waals surface area (Å²) in [4.78, 5) is 0. The monoisotopic (exact) mass is 349 g/mol. The predicted molar refractivity (Wildman–Crippen MR) is 115 cm³/mol. The van der Waals surface area contributed by atoms with Crippen molar-refractivity contribution >= 4 is 55.2 Å². The number of furan rings is 1. The summed E-state index contributed by atoms with van der Waals surface area (Å²) in [5.74, 6) is 0.404. The summed E-state index contributed by atoms with van der Waals surface area (Å²) in [5, 5.41) is 6.15. The first kappa shape index (κ1) is 14.9. The van der Waals surface area contributed by atoms with Gasteiger partial charge in [-0.2, -0.15) is 0 Å². The molecule has 0 aliphatic heterocycles. The Kier molecular flexibility index (Phi) is 2.71. The Morgan fingerprint density at radius 2 is 1.63 bits per heavy atom. The topological polar surface area (TPSA) is 17.6 Å². The highest BCUT2D eigenvalue weighted by Gasteiger charge is 2.22. The van der Waals surface area contributed by atoms with E-state index >= 15 is 0 Å². The van der Waals surface area contributed by atoms with Gasteiger partial charge in [0.2, 0.25) is 0 Å². The zero-order valence-electron chi connectivity index (χ0n) is 15.4. The van der Waals surface area contributed by atoms with Crippen molar-refractivity contribution in [2.24, 2.45) is 0 Å². The zero-order chi connectivity index (χ0) is 18.3. The van der Waals surface area contributed by atoms with Crippen LogP contribution in [-0.2, 0) is 0 Å². The van der Waals surface area contributed by atoms with Crippen LogP contribution in [0.15, 0.2) is 65.6 Å². The summed E-state index contributed by atoms with van der Waals surface area (Å²) >= 11 is 0. The van der Waals surface area contributed by atoms with E-state index in [9.17, 15) is 0 Å². The van der Waals surface area contributed by atoms with Crippen molar-refractivity contribution in [1.82, 2.24) is 4.40 Å². The van der Waals surface area contributed by atoms with Gasteiger partial charge in [-0.1, -0.05) is 62.9 Å². The molecule has 3 heterocycles.